The zero-order chi connectivity index (χ0) is 10.1. The normalized spacial score (nSPS) is 14.6. The van der Waals surface area contributed by atoms with Gasteiger partial charge in [0.05, 0.1) is 0 Å². The van der Waals surface area contributed by atoms with Crippen molar-refractivity contribution in [2.24, 2.45) is 0 Å². The first-order valence-electron chi connectivity index (χ1n) is 4.48. The molecule has 14 heavy (non-hydrogen) atoms. The van der Waals surface area contributed by atoms with Crippen LogP contribution in [-0.4, -0.2) is 11.9 Å². The number of rotatable bonds is 1. The number of phenolic OH excluding ortho intramolecular Hbond substituents is 1. The Hall–Kier alpha value is -1.64. The molecule has 1 aliphatic heterocycles. The molecule has 0 bridgehead atoms. The lowest BCUT2D eigenvalue weighted by atomic mass is 10.1. The molecule has 0 aliphatic carbocycles. The SMILES string of the molecule is C/C=C(\C)c1cc2c(cc1O)OCO2. The van der Waals surface area contributed by atoms with Crippen molar-refractivity contribution in [1.29, 1.82) is 0 Å². The minimum atomic E-state index is 0.227. The number of aromatic hydroxyl groups is 1. The van der Waals surface area contributed by atoms with E-state index in [1.165, 1.54) is 0 Å². The largest absolute Gasteiger partial charge is 0.507 e. The molecular weight excluding hydrogens is 180 g/mol. The molecule has 3 heteroatoms. The fourth-order valence-electron chi connectivity index (χ4n) is 1.40. The fourth-order valence-corrected chi connectivity index (χ4v) is 1.40. The Morgan fingerprint density at radius 3 is 2.64 bits per heavy atom. The van der Waals surface area contributed by atoms with E-state index >= 15 is 0 Å². The molecule has 0 radical (unpaired) electrons. The summed E-state index contributed by atoms with van der Waals surface area (Å²) >= 11 is 0. The summed E-state index contributed by atoms with van der Waals surface area (Å²) in [6.45, 7) is 4.10. The molecule has 74 valence electrons. The van der Waals surface area contributed by atoms with Crippen molar-refractivity contribution in [1.82, 2.24) is 0 Å². The van der Waals surface area contributed by atoms with Crippen LogP contribution < -0.4 is 9.47 Å². The number of allylic oxidation sites excluding steroid dienone is 2. The van der Waals surface area contributed by atoms with Gasteiger partial charge in [-0.2, -0.15) is 0 Å². The van der Waals surface area contributed by atoms with Gasteiger partial charge in [0, 0.05) is 11.6 Å². The van der Waals surface area contributed by atoms with Gasteiger partial charge in [0.2, 0.25) is 6.79 Å². The quantitative estimate of drug-likeness (QED) is 0.743. The molecule has 1 aliphatic rings. The number of benzene rings is 1. The Bertz CT molecular complexity index is 394. The topological polar surface area (TPSA) is 38.7 Å². The minimum Gasteiger partial charge on any atom is -0.507 e. The van der Waals surface area contributed by atoms with Crippen molar-refractivity contribution in [3.8, 4) is 17.2 Å². The van der Waals surface area contributed by atoms with Crippen LogP contribution in [0.2, 0.25) is 0 Å². The average molecular weight is 192 g/mol. The van der Waals surface area contributed by atoms with E-state index in [4.69, 9.17) is 9.47 Å². The van der Waals surface area contributed by atoms with Crippen LogP contribution in [0.5, 0.6) is 17.2 Å². The third-order valence-electron chi connectivity index (χ3n) is 2.35. The maximum Gasteiger partial charge on any atom is 0.231 e. The number of phenols is 1. The van der Waals surface area contributed by atoms with E-state index in [1.54, 1.807) is 12.1 Å². The van der Waals surface area contributed by atoms with Crippen LogP contribution in [0.3, 0.4) is 0 Å². The molecule has 2 rings (SSSR count). The van der Waals surface area contributed by atoms with E-state index in [2.05, 4.69) is 0 Å². The van der Waals surface area contributed by atoms with E-state index in [-0.39, 0.29) is 12.5 Å². The number of ether oxygens (including phenoxy) is 2. The predicted octanol–water partition coefficient (Wildman–Crippen LogP) is 2.54. The highest BCUT2D eigenvalue weighted by Crippen LogP contribution is 2.39. The lowest BCUT2D eigenvalue weighted by Gasteiger charge is -2.05. The van der Waals surface area contributed by atoms with Gasteiger partial charge >= 0.3 is 0 Å². The fraction of sp³-hybridized carbons (Fsp3) is 0.273. The summed E-state index contributed by atoms with van der Waals surface area (Å²) in [5.41, 5.74) is 1.80. The molecule has 0 fully saturated rings. The number of fused-ring (bicyclic) bond motifs is 1. The number of hydrogen-bond acceptors (Lipinski definition) is 3. The highest BCUT2D eigenvalue weighted by atomic mass is 16.7. The Balaban J connectivity index is 2.53. The van der Waals surface area contributed by atoms with Gasteiger partial charge in [-0.25, -0.2) is 0 Å². The van der Waals surface area contributed by atoms with Crippen LogP contribution in [0.4, 0.5) is 0 Å². The van der Waals surface area contributed by atoms with Gasteiger partial charge in [0.25, 0.3) is 0 Å². The monoisotopic (exact) mass is 192 g/mol. The molecule has 0 unspecified atom stereocenters. The molecular formula is C11H12O3. The molecule has 1 N–H and O–H groups in total. The maximum absolute atomic E-state index is 9.70. The van der Waals surface area contributed by atoms with Crippen LogP contribution in [0, 0.1) is 0 Å². The third kappa shape index (κ3) is 1.31. The van der Waals surface area contributed by atoms with Crippen LogP contribution in [-0.2, 0) is 0 Å². The molecule has 3 nitrogen and oxygen atoms in total. The summed E-state index contributed by atoms with van der Waals surface area (Å²) in [7, 11) is 0. The predicted molar refractivity (Wildman–Crippen MR) is 53.6 cm³/mol. The van der Waals surface area contributed by atoms with E-state index in [0.29, 0.717) is 11.5 Å². The third-order valence-corrected chi connectivity index (χ3v) is 2.35. The summed E-state index contributed by atoms with van der Waals surface area (Å²) in [6.07, 6.45) is 1.94. The Morgan fingerprint density at radius 1 is 1.36 bits per heavy atom. The van der Waals surface area contributed by atoms with Gasteiger partial charge < -0.3 is 14.6 Å². The second kappa shape index (κ2) is 3.25. The minimum absolute atomic E-state index is 0.227. The van der Waals surface area contributed by atoms with Gasteiger partial charge in [0.15, 0.2) is 11.5 Å². The lowest BCUT2D eigenvalue weighted by molar-refractivity contribution is 0.174. The Labute approximate surface area is 82.6 Å². The van der Waals surface area contributed by atoms with Crippen molar-refractivity contribution >= 4 is 5.57 Å². The highest BCUT2D eigenvalue weighted by molar-refractivity contribution is 5.71. The van der Waals surface area contributed by atoms with Gasteiger partial charge in [0.1, 0.15) is 5.75 Å². The summed E-state index contributed by atoms with van der Waals surface area (Å²) in [5.74, 6) is 1.53. The van der Waals surface area contributed by atoms with E-state index in [1.807, 2.05) is 19.9 Å². The number of hydrogen-bond donors (Lipinski definition) is 1. The smallest absolute Gasteiger partial charge is 0.231 e. The van der Waals surface area contributed by atoms with Gasteiger partial charge in [-0.1, -0.05) is 6.08 Å². The first kappa shape index (κ1) is 8.94. The zero-order valence-electron chi connectivity index (χ0n) is 8.20. The molecule has 1 aromatic carbocycles. The van der Waals surface area contributed by atoms with Crippen LogP contribution in [0.25, 0.3) is 5.57 Å². The second-order valence-electron chi connectivity index (χ2n) is 3.19. The van der Waals surface area contributed by atoms with Gasteiger partial charge in [-0.3, -0.25) is 0 Å². The van der Waals surface area contributed by atoms with E-state index < -0.39 is 0 Å². The van der Waals surface area contributed by atoms with Crippen LogP contribution in [0.1, 0.15) is 19.4 Å². The van der Waals surface area contributed by atoms with Crippen molar-refractivity contribution in [2.75, 3.05) is 6.79 Å². The molecule has 1 heterocycles. The van der Waals surface area contributed by atoms with Gasteiger partial charge in [-0.15, -0.1) is 0 Å². The Morgan fingerprint density at radius 2 is 2.00 bits per heavy atom. The van der Waals surface area contributed by atoms with Crippen LogP contribution >= 0.6 is 0 Å². The first-order chi connectivity index (χ1) is 6.72. The second-order valence-corrected chi connectivity index (χ2v) is 3.19. The molecule has 0 saturated heterocycles. The summed E-state index contributed by atoms with van der Waals surface area (Å²) in [4.78, 5) is 0. The summed E-state index contributed by atoms with van der Waals surface area (Å²) in [5, 5.41) is 9.70. The lowest BCUT2D eigenvalue weighted by Crippen LogP contribution is -1.92. The molecule has 0 saturated carbocycles. The van der Waals surface area contributed by atoms with Crippen molar-refractivity contribution < 1.29 is 14.6 Å². The standard InChI is InChI=1S/C11H12O3/c1-3-7(2)8-4-10-11(5-9(8)12)14-6-13-10/h3-5,12H,6H2,1-2H3/b7-3+. The average Bonchev–Trinajstić information content (AvgIpc) is 2.62. The highest BCUT2D eigenvalue weighted by Gasteiger charge is 2.17. The molecule has 0 spiro atoms. The van der Waals surface area contributed by atoms with Gasteiger partial charge in [-0.05, 0) is 25.5 Å². The maximum atomic E-state index is 9.70. The molecule has 0 amide bonds. The molecule has 0 atom stereocenters. The first-order valence-corrected chi connectivity index (χ1v) is 4.48. The van der Waals surface area contributed by atoms with Crippen molar-refractivity contribution in [3.05, 3.63) is 23.8 Å². The van der Waals surface area contributed by atoms with E-state index in [9.17, 15) is 5.11 Å². The Kier molecular flexibility index (Phi) is 2.08. The zero-order valence-corrected chi connectivity index (χ0v) is 8.20. The van der Waals surface area contributed by atoms with E-state index in [0.717, 1.165) is 11.1 Å². The van der Waals surface area contributed by atoms with Crippen molar-refractivity contribution in [2.45, 2.75) is 13.8 Å². The van der Waals surface area contributed by atoms with Crippen molar-refractivity contribution in [3.63, 3.8) is 0 Å². The molecule has 0 aromatic heterocycles. The summed E-state index contributed by atoms with van der Waals surface area (Å²) < 4.78 is 10.4. The molecule has 1 aromatic rings. The summed E-state index contributed by atoms with van der Waals surface area (Å²) in [6, 6.07) is 3.39. The van der Waals surface area contributed by atoms with Crippen LogP contribution in [0.15, 0.2) is 18.2 Å².